The predicted octanol–water partition coefficient (Wildman–Crippen LogP) is 2.15. The maximum absolute atomic E-state index is 12.1. The fourth-order valence-corrected chi connectivity index (χ4v) is 3.58. The molecule has 1 fully saturated rings. The number of carbonyl (C=O) groups excluding carboxylic acids is 3. The largest absolute Gasteiger partial charge is 0.357 e. The zero-order chi connectivity index (χ0) is 22.2. The van der Waals surface area contributed by atoms with Crippen LogP contribution in [0.2, 0.25) is 10.0 Å². The second kappa shape index (κ2) is 11.0. The molecule has 2 aromatic rings. The molecule has 2 heterocycles. The molecule has 3 rings (SSSR count). The van der Waals surface area contributed by atoms with Gasteiger partial charge in [-0.2, -0.15) is 0 Å². The minimum Gasteiger partial charge on any atom is -0.357 e. The molecule has 3 amide bonds. The highest BCUT2D eigenvalue weighted by molar-refractivity contribution is 6.36. The summed E-state index contributed by atoms with van der Waals surface area (Å²) in [5, 5.41) is 8.22. The molecule has 31 heavy (non-hydrogen) atoms. The van der Waals surface area contributed by atoms with E-state index in [1.165, 1.54) is 31.0 Å². The predicted molar refractivity (Wildman–Crippen MR) is 119 cm³/mol. The Kier molecular flexibility index (Phi) is 8.08. The fourth-order valence-electron chi connectivity index (χ4n) is 3.09. The summed E-state index contributed by atoms with van der Waals surface area (Å²) in [6, 6.07) is 8.32. The third-order valence-electron chi connectivity index (χ3n) is 4.76. The van der Waals surface area contributed by atoms with Crippen molar-refractivity contribution in [3.63, 3.8) is 0 Å². The fraction of sp³-hybridized carbons (Fsp3) is 0.333. The van der Waals surface area contributed by atoms with Gasteiger partial charge < -0.3 is 20.9 Å². The van der Waals surface area contributed by atoms with E-state index in [1.54, 1.807) is 6.20 Å². The topological polar surface area (TPSA) is 103 Å². The monoisotopic (exact) mass is 463 g/mol. The van der Waals surface area contributed by atoms with Gasteiger partial charge >= 0.3 is 0 Å². The Bertz CT molecular complexity index is 947. The normalized spacial score (nSPS) is 13.0. The number of hydrogen-bond acceptors (Lipinski definition) is 5. The van der Waals surface area contributed by atoms with Crippen molar-refractivity contribution >= 4 is 46.7 Å². The molecule has 0 atom stereocenters. The van der Waals surface area contributed by atoms with Crippen LogP contribution in [0.15, 0.2) is 36.5 Å². The van der Waals surface area contributed by atoms with Gasteiger partial charge in [0, 0.05) is 30.9 Å². The van der Waals surface area contributed by atoms with Gasteiger partial charge in [-0.05, 0) is 42.7 Å². The zero-order valence-corrected chi connectivity index (χ0v) is 18.3. The summed E-state index contributed by atoms with van der Waals surface area (Å²) in [5.41, 5.74) is 1.08. The van der Waals surface area contributed by atoms with E-state index in [2.05, 4.69) is 25.8 Å². The van der Waals surface area contributed by atoms with E-state index in [4.69, 9.17) is 23.2 Å². The van der Waals surface area contributed by atoms with E-state index in [0.29, 0.717) is 11.6 Å². The summed E-state index contributed by atoms with van der Waals surface area (Å²) in [4.78, 5) is 42.6. The molecule has 0 bridgehead atoms. The molecule has 0 saturated carbocycles. The summed E-state index contributed by atoms with van der Waals surface area (Å²) in [6.07, 6.45) is 4.11. The van der Waals surface area contributed by atoms with Crippen molar-refractivity contribution in [2.75, 3.05) is 31.1 Å². The second-order valence-electron chi connectivity index (χ2n) is 7.08. The molecule has 1 aromatic carbocycles. The van der Waals surface area contributed by atoms with Crippen LogP contribution in [-0.4, -0.2) is 48.9 Å². The van der Waals surface area contributed by atoms with Crippen LogP contribution in [-0.2, 0) is 16.1 Å². The summed E-state index contributed by atoms with van der Waals surface area (Å²) < 4.78 is 0. The van der Waals surface area contributed by atoms with Crippen LogP contribution in [0.25, 0.3) is 0 Å². The number of amides is 3. The average molecular weight is 464 g/mol. The summed E-state index contributed by atoms with van der Waals surface area (Å²) >= 11 is 11.8. The van der Waals surface area contributed by atoms with Crippen molar-refractivity contribution in [3.05, 3.63) is 57.7 Å². The van der Waals surface area contributed by atoms with Crippen molar-refractivity contribution in [1.82, 2.24) is 20.9 Å². The van der Waals surface area contributed by atoms with Crippen LogP contribution in [0.4, 0.5) is 5.82 Å². The summed E-state index contributed by atoms with van der Waals surface area (Å²) in [7, 11) is 0. The number of carbonyl (C=O) groups is 3. The number of anilines is 1. The lowest BCUT2D eigenvalue weighted by molar-refractivity contribution is -0.125. The smallest absolute Gasteiger partial charge is 0.253 e. The van der Waals surface area contributed by atoms with Crippen LogP contribution in [0.5, 0.6) is 0 Å². The lowest BCUT2D eigenvalue weighted by Gasteiger charge is -2.16. The molecular weight excluding hydrogens is 441 g/mol. The molecular formula is C21H23Cl2N5O3. The van der Waals surface area contributed by atoms with Crippen molar-refractivity contribution in [3.8, 4) is 0 Å². The number of pyridine rings is 1. The first kappa shape index (κ1) is 22.8. The van der Waals surface area contributed by atoms with E-state index in [-0.39, 0.29) is 29.6 Å². The highest BCUT2D eigenvalue weighted by Crippen LogP contribution is 2.20. The zero-order valence-electron chi connectivity index (χ0n) is 16.8. The third-order valence-corrected chi connectivity index (χ3v) is 5.31. The molecule has 10 heteroatoms. The number of halogens is 2. The number of rotatable bonds is 8. The van der Waals surface area contributed by atoms with Crippen LogP contribution >= 0.6 is 23.2 Å². The standard InChI is InChI=1S/C21H23Cl2N5O3/c22-15-4-5-16(17(23)9-15)21(31)27-13-20(30)26-12-19(29)25-11-14-3-6-18(24-10-14)28-7-1-2-8-28/h3-6,9-10H,1-2,7-8,11-13H2,(H,25,29)(H,26,30)(H,27,31). The Balaban J connectivity index is 1.35. The Hall–Kier alpha value is -2.84. The van der Waals surface area contributed by atoms with E-state index in [9.17, 15) is 14.4 Å². The molecule has 0 spiro atoms. The molecule has 0 radical (unpaired) electrons. The van der Waals surface area contributed by atoms with Crippen LogP contribution in [0, 0.1) is 0 Å². The van der Waals surface area contributed by atoms with E-state index in [1.807, 2.05) is 12.1 Å². The van der Waals surface area contributed by atoms with Crippen LogP contribution in [0.1, 0.15) is 28.8 Å². The first-order chi connectivity index (χ1) is 14.9. The van der Waals surface area contributed by atoms with Crippen molar-refractivity contribution in [1.29, 1.82) is 0 Å². The number of benzene rings is 1. The molecule has 1 aliphatic heterocycles. The molecule has 0 unspecified atom stereocenters. The molecule has 1 aliphatic rings. The van der Waals surface area contributed by atoms with Gasteiger partial charge in [0.25, 0.3) is 5.91 Å². The Labute approximate surface area is 190 Å². The minimum absolute atomic E-state index is 0.188. The van der Waals surface area contributed by atoms with Gasteiger partial charge in [0.2, 0.25) is 11.8 Å². The molecule has 1 aromatic heterocycles. The van der Waals surface area contributed by atoms with Gasteiger partial charge in [-0.1, -0.05) is 29.3 Å². The highest BCUT2D eigenvalue weighted by atomic mass is 35.5. The quantitative estimate of drug-likeness (QED) is 0.556. The Morgan fingerprint density at radius 1 is 0.935 bits per heavy atom. The summed E-state index contributed by atoms with van der Waals surface area (Å²) in [6.45, 7) is 1.88. The van der Waals surface area contributed by atoms with Crippen molar-refractivity contribution in [2.24, 2.45) is 0 Å². The number of nitrogens with zero attached hydrogens (tertiary/aromatic N) is 2. The van der Waals surface area contributed by atoms with Gasteiger partial charge in [0.1, 0.15) is 5.82 Å². The van der Waals surface area contributed by atoms with Gasteiger partial charge in [0.05, 0.1) is 23.7 Å². The minimum atomic E-state index is -0.508. The second-order valence-corrected chi connectivity index (χ2v) is 7.92. The first-order valence-corrected chi connectivity index (χ1v) is 10.6. The van der Waals surface area contributed by atoms with E-state index >= 15 is 0 Å². The summed E-state index contributed by atoms with van der Waals surface area (Å²) in [5.74, 6) is -0.401. The maximum atomic E-state index is 12.1. The lowest BCUT2D eigenvalue weighted by Crippen LogP contribution is -2.41. The Morgan fingerprint density at radius 3 is 2.32 bits per heavy atom. The molecule has 164 valence electrons. The lowest BCUT2D eigenvalue weighted by atomic mass is 10.2. The van der Waals surface area contributed by atoms with E-state index < -0.39 is 11.8 Å². The number of nitrogens with one attached hydrogen (secondary N) is 3. The molecule has 3 N–H and O–H groups in total. The van der Waals surface area contributed by atoms with Crippen LogP contribution in [0.3, 0.4) is 0 Å². The molecule has 0 aliphatic carbocycles. The Morgan fingerprint density at radius 2 is 1.65 bits per heavy atom. The van der Waals surface area contributed by atoms with Crippen LogP contribution < -0.4 is 20.9 Å². The average Bonchev–Trinajstić information content (AvgIpc) is 3.30. The number of aromatic nitrogens is 1. The number of hydrogen-bond donors (Lipinski definition) is 3. The molecule has 1 saturated heterocycles. The first-order valence-electron chi connectivity index (χ1n) is 9.89. The molecule has 8 nitrogen and oxygen atoms in total. The SMILES string of the molecule is O=C(CNC(=O)CNC(=O)c1ccc(Cl)cc1Cl)NCc1ccc(N2CCCC2)nc1. The van der Waals surface area contributed by atoms with Crippen molar-refractivity contribution < 1.29 is 14.4 Å². The van der Waals surface area contributed by atoms with Gasteiger partial charge in [-0.3, -0.25) is 14.4 Å². The maximum Gasteiger partial charge on any atom is 0.253 e. The van der Waals surface area contributed by atoms with Gasteiger partial charge in [-0.25, -0.2) is 4.98 Å². The van der Waals surface area contributed by atoms with Gasteiger partial charge in [0.15, 0.2) is 0 Å². The van der Waals surface area contributed by atoms with Crippen molar-refractivity contribution in [2.45, 2.75) is 19.4 Å². The highest BCUT2D eigenvalue weighted by Gasteiger charge is 2.14. The van der Waals surface area contributed by atoms with Gasteiger partial charge in [-0.15, -0.1) is 0 Å². The third kappa shape index (κ3) is 6.83. The van der Waals surface area contributed by atoms with E-state index in [0.717, 1.165) is 24.5 Å².